The number of nitrogens with one attached hydrogen (secondary N) is 1. The summed E-state index contributed by atoms with van der Waals surface area (Å²) in [5.74, 6) is -0.496. The van der Waals surface area contributed by atoms with E-state index in [0.29, 0.717) is 6.61 Å². The fourth-order valence-electron chi connectivity index (χ4n) is 1.50. The second-order valence-electron chi connectivity index (χ2n) is 3.87. The third kappa shape index (κ3) is 3.80. The van der Waals surface area contributed by atoms with Crippen LogP contribution in [0, 0.1) is 0 Å². The standard InChI is InChI=1S/C11H16N2O4S/c1-8(7-17-2)13-11(14)9-5-3-4-6-10(9)18(12,15)16/h3-6,8H,7H2,1-2H3,(H,13,14)(H2,12,15,16). The van der Waals surface area contributed by atoms with Crippen LogP contribution in [0.5, 0.6) is 0 Å². The van der Waals surface area contributed by atoms with Gasteiger partial charge in [-0.1, -0.05) is 12.1 Å². The zero-order valence-corrected chi connectivity index (χ0v) is 11.0. The highest BCUT2D eigenvalue weighted by atomic mass is 32.2. The highest BCUT2D eigenvalue weighted by Crippen LogP contribution is 2.13. The van der Waals surface area contributed by atoms with Gasteiger partial charge in [0.2, 0.25) is 10.0 Å². The molecule has 1 atom stereocenters. The molecule has 0 aliphatic carbocycles. The van der Waals surface area contributed by atoms with E-state index in [0.717, 1.165) is 0 Å². The Labute approximate surface area is 106 Å². The summed E-state index contributed by atoms with van der Waals surface area (Å²) in [6.45, 7) is 2.09. The van der Waals surface area contributed by atoms with Crippen molar-refractivity contribution in [2.24, 2.45) is 5.14 Å². The van der Waals surface area contributed by atoms with Crippen LogP contribution in [-0.4, -0.2) is 34.1 Å². The van der Waals surface area contributed by atoms with Crippen molar-refractivity contribution >= 4 is 15.9 Å². The lowest BCUT2D eigenvalue weighted by Gasteiger charge is -2.14. The van der Waals surface area contributed by atoms with Crippen LogP contribution in [0.15, 0.2) is 29.2 Å². The third-order valence-electron chi connectivity index (χ3n) is 2.23. The molecule has 0 bridgehead atoms. The minimum atomic E-state index is -3.92. The molecule has 0 saturated carbocycles. The minimum absolute atomic E-state index is 0.0305. The van der Waals surface area contributed by atoms with Gasteiger partial charge < -0.3 is 10.1 Å². The summed E-state index contributed by atoms with van der Waals surface area (Å²) in [5.41, 5.74) is 0.0305. The van der Waals surface area contributed by atoms with Crippen LogP contribution >= 0.6 is 0 Å². The first-order valence-corrected chi connectivity index (χ1v) is 6.82. The molecule has 0 spiro atoms. The molecule has 1 unspecified atom stereocenters. The lowest BCUT2D eigenvalue weighted by atomic mass is 10.2. The average molecular weight is 272 g/mol. The molecule has 1 aromatic carbocycles. The van der Waals surface area contributed by atoms with E-state index in [4.69, 9.17) is 9.88 Å². The second-order valence-corrected chi connectivity index (χ2v) is 5.40. The number of primary sulfonamides is 1. The summed E-state index contributed by atoms with van der Waals surface area (Å²) in [7, 11) is -2.40. The molecule has 0 fully saturated rings. The number of benzene rings is 1. The largest absolute Gasteiger partial charge is 0.383 e. The summed E-state index contributed by atoms with van der Waals surface area (Å²) in [6.07, 6.45) is 0. The van der Waals surface area contributed by atoms with Crippen molar-refractivity contribution in [2.45, 2.75) is 17.9 Å². The van der Waals surface area contributed by atoms with E-state index in [1.807, 2.05) is 0 Å². The van der Waals surface area contributed by atoms with Crippen molar-refractivity contribution in [1.29, 1.82) is 0 Å². The molecule has 0 heterocycles. The highest BCUT2D eigenvalue weighted by molar-refractivity contribution is 7.89. The lowest BCUT2D eigenvalue weighted by Crippen LogP contribution is -2.36. The molecule has 18 heavy (non-hydrogen) atoms. The van der Waals surface area contributed by atoms with Crippen molar-refractivity contribution in [1.82, 2.24) is 5.32 Å². The average Bonchev–Trinajstić information content (AvgIpc) is 2.28. The predicted octanol–water partition coefficient (Wildman–Crippen LogP) is 0.0987. The molecular weight excluding hydrogens is 256 g/mol. The molecule has 0 aliphatic rings. The highest BCUT2D eigenvalue weighted by Gasteiger charge is 2.19. The van der Waals surface area contributed by atoms with Gasteiger partial charge in [0.1, 0.15) is 0 Å². The fraction of sp³-hybridized carbons (Fsp3) is 0.364. The topological polar surface area (TPSA) is 98.5 Å². The number of ether oxygens (including phenoxy) is 1. The molecule has 3 N–H and O–H groups in total. The maximum Gasteiger partial charge on any atom is 0.252 e. The summed E-state index contributed by atoms with van der Waals surface area (Å²) >= 11 is 0. The normalized spacial score (nSPS) is 13.1. The van der Waals surface area contributed by atoms with Gasteiger partial charge in [0.05, 0.1) is 17.1 Å². The minimum Gasteiger partial charge on any atom is -0.383 e. The molecule has 6 nitrogen and oxygen atoms in total. The van der Waals surface area contributed by atoms with E-state index in [1.165, 1.54) is 25.3 Å². The van der Waals surface area contributed by atoms with Crippen LogP contribution in [0.2, 0.25) is 0 Å². The summed E-state index contributed by atoms with van der Waals surface area (Å²) in [4.78, 5) is 11.7. The van der Waals surface area contributed by atoms with Crippen molar-refractivity contribution in [2.75, 3.05) is 13.7 Å². The molecule has 0 aliphatic heterocycles. The van der Waals surface area contributed by atoms with Gasteiger partial charge in [0.25, 0.3) is 5.91 Å². The number of hydrogen-bond donors (Lipinski definition) is 2. The van der Waals surface area contributed by atoms with Gasteiger partial charge in [0, 0.05) is 13.2 Å². The van der Waals surface area contributed by atoms with E-state index in [-0.39, 0.29) is 16.5 Å². The number of hydrogen-bond acceptors (Lipinski definition) is 4. The molecule has 1 amide bonds. The Morgan fingerprint density at radius 3 is 2.61 bits per heavy atom. The number of rotatable bonds is 5. The van der Waals surface area contributed by atoms with Crippen molar-refractivity contribution < 1.29 is 17.9 Å². The molecule has 100 valence electrons. The third-order valence-corrected chi connectivity index (χ3v) is 3.20. The van der Waals surface area contributed by atoms with Crippen LogP contribution in [0.3, 0.4) is 0 Å². The summed E-state index contributed by atoms with van der Waals surface area (Å²) in [5, 5.41) is 7.68. The number of methoxy groups -OCH3 is 1. The quantitative estimate of drug-likeness (QED) is 0.794. The summed E-state index contributed by atoms with van der Waals surface area (Å²) in [6, 6.07) is 5.57. The van der Waals surface area contributed by atoms with E-state index in [2.05, 4.69) is 5.32 Å². The monoisotopic (exact) mass is 272 g/mol. The zero-order valence-electron chi connectivity index (χ0n) is 10.2. The lowest BCUT2D eigenvalue weighted by molar-refractivity contribution is 0.0902. The molecule has 0 radical (unpaired) electrons. The van der Waals surface area contributed by atoms with Gasteiger partial charge in [-0.05, 0) is 19.1 Å². The van der Waals surface area contributed by atoms with Crippen LogP contribution in [0.4, 0.5) is 0 Å². The van der Waals surface area contributed by atoms with Gasteiger partial charge in [-0.3, -0.25) is 4.79 Å². The number of carbonyl (C=O) groups excluding carboxylic acids is 1. The van der Waals surface area contributed by atoms with Gasteiger partial charge in [-0.2, -0.15) is 0 Å². The van der Waals surface area contributed by atoms with Crippen LogP contribution in [0.25, 0.3) is 0 Å². The van der Waals surface area contributed by atoms with Gasteiger partial charge in [-0.15, -0.1) is 0 Å². The van der Waals surface area contributed by atoms with E-state index in [9.17, 15) is 13.2 Å². The number of carbonyl (C=O) groups is 1. The number of sulfonamides is 1. The van der Waals surface area contributed by atoms with Crippen molar-refractivity contribution in [3.8, 4) is 0 Å². The van der Waals surface area contributed by atoms with Crippen LogP contribution in [-0.2, 0) is 14.8 Å². The smallest absolute Gasteiger partial charge is 0.252 e. The Morgan fingerprint density at radius 1 is 1.44 bits per heavy atom. The first-order valence-electron chi connectivity index (χ1n) is 5.28. The Morgan fingerprint density at radius 2 is 2.06 bits per heavy atom. The van der Waals surface area contributed by atoms with E-state index < -0.39 is 15.9 Å². The van der Waals surface area contributed by atoms with Gasteiger partial charge in [-0.25, -0.2) is 13.6 Å². The predicted molar refractivity (Wildman–Crippen MR) is 66.6 cm³/mol. The Bertz CT molecular complexity index is 528. The second kappa shape index (κ2) is 5.94. The zero-order chi connectivity index (χ0) is 13.8. The van der Waals surface area contributed by atoms with E-state index in [1.54, 1.807) is 13.0 Å². The molecule has 1 aromatic rings. The Hall–Kier alpha value is -1.44. The maximum atomic E-state index is 11.9. The first-order chi connectivity index (χ1) is 8.36. The molecule has 0 aromatic heterocycles. The Balaban J connectivity index is 3.00. The van der Waals surface area contributed by atoms with Crippen LogP contribution in [0.1, 0.15) is 17.3 Å². The molecular formula is C11H16N2O4S. The van der Waals surface area contributed by atoms with Crippen molar-refractivity contribution in [3.63, 3.8) is 0 Å². The first kappa shape index (κ1) is 14.6. The van der Waals surface area contributed by atoms with Gasteiger partial charge in [0.15, 0.2) is 0 Å². The number of amides is 1. The molecule has 1 rings (SSSR count). The van der Waals surface area contributed by atoms with E-state index >= 15 is 0 Å². The maximum absolute atomic E-state index is 11.9. The SMILES string of the molecule is COCC(C)NC(=O)c1ccccc1S(N)(=O)=O. The van der Waals surface area contributed by atoms with Crippen LogP contribution < -0.4 is 10.5 Å². The summed E-state index contributed by atoms with van der Waals surface area (Å²) < 4.78 is 27.6. The molecule has 0 saturated heterocycles. The fourth-order valence-corrected chi connectivity index (χ4v) is 2.23. The number of nitrogens with two attached hydrogens (primary N) is 1. The van der Waals surface area contributed by atoms with Crippen molar-refractivity contribution in [3.05, 3.63) is 29.8 Å². The molecule has 7 heteroatoms. The Kier molecular flexibility index (Phi) is 4.83. The van der Waals surface area contributed by atoms with Gasteiger partial charge >= 0.3 is 0 Å².